The number of anilines is 2. The van der Waals surface area contributed by atoms with E-state index in [1.807, 2.05) is 65.6 Å². The molecule has 2 atom stereocenters. The Kier molecular flexibility index (Phi) is 6.81. The van der Waals surface area contributed by atoms with Crippen LogP contribution >= 0.6 is 11.6 Å². The van der Waals surface area contributed by atoms with Crippen molar-refractivity contribution in [2.75, 3.05) is 10.2 Å². The third-order valence-corrected chi connectivity index (χ3v) is 7.12. The number of hydrogen-bond donors (Lipinski definition) is 1. The number of rotatable bonds is 5. The lowest BCUT2D eigenvalue weighted by Crippen LogP contribution is -2.55. The van der Waals surface area contributed by atoms with E-state index < -0.39 is 5.54 Å². The van der Waals surface area contributed by atoms with Gasteiger partial charge in [0.15, 0.2) is 0 Å². The van der Waals surface area contributed by atoms with Gasteiger partial charge in [-0.25, -0.2) is 0 Å². The fourth-order valence-corrected chi connectivity index (χ4v) is 5.76. The first-order valence-electron chi connectivity index (χ1n) is 11.7. The largest absolute Gasteiger partial charge is 0.326 e. The number of fused-ring (bicyclic) bond motifs is 1. The van der Waals surface area contributed by atoms with Gasteiger partial charge in [0.25, 0.3) is 0 Å². The van der Waals surface area contributed by atoms with Crippen molar-refractivity contribution in [3.8, 4) is 0 Å². The van der Waals surface area contributed by atoms with Gasteiger partial charge in [-0.2, -0.15) is 0 Å². The van der Waals surface area contributed by atoms with Crippen LogP contribution in [0.3, 0.4) is 0 Å². The Hall–Kier alpha value is -3.11. The fourth-order valence-electron chi connectivity index (χ4n) is 5.55. The van der Waals surface area contributed by atoms with Crippen molar-refractivity contribution in [3.63, 3.8) is 0 Å². The summed E-state index contributed by atoms with van der Waals surface area (Å²) in [6, 6.07) is 23.8. The minimum atomic E-state index is -0.401. The topological polar surface area (TPSA) is 49.4 Å². The number of benzene rings is 3. The van der Waals surface area contributed by atoms with Gasteiger partial charge in [-0.05, 0) is 73.2 Å². The van der Waals surface area contributed by atoms with Crippen molar-refractivity contribution in [3.05, 3.63) is 94.5 Å². The minimum Gasteiger partial charge on any atom is -0.326 e. The van der Waals surface area contributed by atoms with Gasteiger partial charge in [0, 0.05) is 41.2 Å². The van der Waals surface area contributed by atoms with Crippen molar-refractivity contribution in [2.45, 2.75) is 57.9 Å². The number of nitrogens with zero attached hydrogens (tertiary/aromatic N) is 1. The maximum Gasteiger partial charge on any atom is 0.224 e. The van der Waals surface area contributed by atoms with Crippen molar-refractivity contribution in [1.29, 1.82) is 0 Å². The normalized spacial score (nSPS) is 18.8. The molecular formula is C29H31ClN2O2. The molecule has 1 N–H and O–H groups in total. The summed E-state index contributed by atoms with van der Waals surface area (Å²) in [5, 5.41) is 3.72. The Bertz CT molecular complexity index is 1210. The zero-order chi connectivity index (χ0) is 24.5. The van der Waals surface area contributed by atoms with Crippen LogP contribution in [-0.4, -0.2) is 17.4 Å². The monoisotopic (exact) mass is 474 g/mol. The van der Waals surface area contributed by atoms with E-state index >= 15 is 0 Å². The standard InChI is InChI=1S/C29H31ClN2O2/c1-19-25-18-24(31-27(34)16-13-21-9-8-12-23(30)17-21)14-15-26(25)32(20(2)33)29(3,4)28(19)22-10-6-5-7-11-22/h5-12,14-15,17-19,28H,13,16H2,1-4H3,(H,31,34). The number of aryl methyl sites for hydroxylation is 1. The summed E-state index contributed by atoms with van der Waals surface area (Å²) < 4.78 is 0. The van der Waals surface area contributed by atoms with Gasteiger partial charge in [-0.1, -0.05) is 61.0 Å². The summed E-state index contributed by atoms with van der Waals surface area (Å²) in [7, 11) is 0. The van der Waals surface area contributed by atoms with Crippen molar-refractivity contribution in [2.24, 2.45) is 0 Å². The van der Waals surface area contributed by atoms with Gasteiger partial charge >= 0.3 is 0 Å². The Balaban J connectivity index is 1.61. The molecule has 0 aromatic heterocycles. The van der Waals surface area contributed by atoms with Crippen LogP contribution < -0.4 is 10.2 Å². The SMILES string of the molecule is CC(=O)N1c2ccc(NC(=O)CCc3cccc(Cl)c3)cc2C(C)C(c2ccccc2)C1(C)C. The number of hydrogen-bond acceptors (Lipinski definition) is 2. The molecule has 4 nitrogen and oxygen atoms in total. The van der Waals surface area contributed by atoms with E-state index in [0.717, 1.165) is 22.5 Å². The number of carbonyl (C=O) groups is 2. The molecule has 0 fully saturated rings. The molecule has 3 aromatic rings. The summed E-state index contributed by atoms with van der Waals surface area (Å²) in [5.74, 6) is 0.231. The second-order valence-electron chi connectivity index (χ2n) is 9.64. The van der Waals surface area contributed by atoms with Crippen LogP contribution in [0.25, 0.3) is 0 Å². The first kappa shape index (κ1) is 24.0. The molecule has 2 amide bonds. The van der Waals surface area contributed by atoms with Gasteiger partial charge in [-0.3, -0.25) is 9.59 Å². The third kappa shape index (κ3) is 4.74. The van der Waals surface area contributed by atoms with Crippen LogP contribution in [0.1, 0.15) is 62.6 Å². The third-order valence-electron chi connectivity index (χ3n) is 6.88. The second kappa shape index (κ2) is 9.63. The van der Waals surface area contributed by atoms with Crippen LogP contribution in [-0.2, 0) is 16.0 Å². The molecule has 176 valence electrons. The van der Waals surface area contributed by atoms with E-state index in [2.05, 4.69) is 38.2 Å². The Labute approximate surface area is 206 Å². The van der Waals surface area contributed by atoms with Crippen LogP contribution in [0.2, 0.25) is 5.02 Å². The number of nitrogens with one attached hydrogen (secondary N) is 1. The molecule has 5 heteroatoms. The lowest BCUT2D eigenvalue weighted by Gasteiger charge is -2.51. The number of carbonyl (C=O) groups excluding carboxylic acids is 2. The highest BCUT2D eigenvalue weighted by molar-refractivity contribution is 6.30. The van der Waals surface area contributed by atoms with E-state index in [-0.39, 0.29) is 23.7 Å². The molecule has 0 bridgehead atoms. The average molecular weight is 475 g/mol. The quantitative estimate of drug-likeness (QED) is 0.435. The summed E-state index contributed by atoms with van der Waals surface area (Å²) in [5.41, 5.74) is 4.56. The zero-order valence-electron chi connectivity index (χ0n) is 20.1. The van der Waals surface area contributed by atoms with E-state index in [0.29, 0.717) is 17.9 Å². The first-order chi connectivity index (χ1) is 16.2. The summed E-state index contributed by atoms with van der Waals surface area (Å²) in [6.07, 6.45) is 0.988. The van der Waals surface area contributed by atoms with Gasteiger partial charge in [0.2, 0.25) is 11.8 Å². The van der Waals surface area contributed by atoms with E-state index in [9.17, 15) is 9.59 Å². The zero-order valence-corrected chi connectivity index (χ0v) is 20.9. The number of halogens is 1. The highest BCUT2D eigenvalue weighted by Gasteiger charge is 2.47. The summed E-state index contributed by atoms with van der Waals surface area (Å²) in [4.78, 5) is 27.4. The van der Waals surface area contributed by atoms with E-state index in [4.69, 9.17) is 11.6 Å². The van der Waals surface area contributed by atoms with E-state index in [1.165, 1.54) is 5.56 Å². The maximum atomic E-state index is 12.8. The predicted octanol–water partition coefficient (Wildman–Crippen LogP) is 6.94. The molecule has 3 aromatic carbocycles. The molecule has 1 aliphatic heterocycles. The van der Waals surface area contributed by atoms with Crippen molar-refractivity contribution >= 4 is 34.8 Å². The first-order valence-corrected chi connectivity index (χ1v) is 12.1. The van der Waals surface area contributed by atoms with Gasteiger partial charge < -0.3 is 10.2 Å². The smallest absolute Gasteiger partial charge is 0.224 e. The Morgan fingerprint density at radius 2 is 1.74 bits per heavy atom. The number of amides is 2. The lowest BCUT2D eigenvalue weighted by atomic mass is 9.67. The van der Waals surface area contributed by atoms with Crippen LogP contribution in [0.5, 0.6) is 0 Å². The van der Waals surface area contributed by atoms with Crippen molar-refractivity contribution in [1.82, 2.24) is 0 Å². The summed E-state index contributed by atoms with van der Waals surface area (Å²) >= 11 is 6.05. The highest BCUT2D eigenvalue weighted by atomic mass is 35.5. The van der Waals surface area contributed by atoms with Crippen LogP contribution in [0.15, 0.2) is 72.8 Å². The molecule has 2 unspecified atom stereocenters. The van der Waals surface area contributed by atoms with Gasteiger partial charge in [0.1, 0.15) is 0 Å². The van der Waals surface area contributed by atoms with Gasteiger partial charge in [0.05, 0.1) is 0 Å². The minimum absolute atomic E-state index is 0.0115. The maximum absolute atomic E-state index is 12.8. The molecule has 0 spiro atoms. The van der Waals surface area contributed by atoms with E-state index in [1.54, 1.807) is 6.92 Å². The average Bonchev–Trinajstić information content (AvgIpc) is 2.78. The Morgan fingerprint density at radius 3 is 2.41 bits per heavy atom. The second-order valence-corrected chi connectivity index (χ2v) is 10.1. The molecule has 4 rings (SSSR count). The summed E-state index contributed by atoms with van der Waals surface area (Å²) in [6.45, 7) is 8.10. The predicted molar refractivity (Wildman–Crippen MR) is 140 cm³/mol. The van der Waals surface area contributed by atoms with Gasteiger partial charge in [-0.15, -0.1) is 0 Å². The molecule has 1 heterocycles. The van der Waals surface area contributed by atoms with Crippen molar-refractivity contribution < 1.29 is 9.59 Å². The van der Waals surface area contributed by atoms with Crippen LogP contribution in [0.4, 0.5) is 11.4 Å². The molecule has 0 aliphatic carbocycles. The molecule has 34 heavy (non-hydrogen) atoms. The molecule has 1 aliphatic rings. The highest BCUT2D eigenvalue weighted by Crippen LogP contribution is 2.52. The lowest BCUT2D eigenvalue weighted by molar-refractivity contribution is -0.118. The Morgan fingerprint density at radius 1 is 1.00 bits per heavy atom. The van der Waals surface area contributed by atoms with Crippen LogP contribution in [0, 0.1) is 0 Å². The fraction of sp³-hybridized carbons (Fsp3) is 0.310. The molecule has 0 saturated carbocycles. The molecule has 0 radical (unpaired) electrons. The molecule has 0 saturated heterocycles. The molecular weight excluding hydrogens is 444 g/mol.